The van der Waals surface area contributed by atoms with Crippen molar-refractivity contribution >= 4 is 15.4 Å². The molecule has 2 unspecified atom stereocenters. The molecule has 2 atom stereocenters. The molecule has 0 spiro atoms. The lowest BCUT2D eigenvalue weighted by atomic mass is 10.2. The number of aryl methyl sites for hydroxylation is 1. The molecular weight excluding hydrogens is 268 g/mol. The Labute approximate surface area is 124 Å². The Morgan fingerprint density at radius 3 is 2.55 bits per heavy atom. The van der Waals surface area contributed by atoms with E-state index >= 15 is 0 Å². The van der Waals surface area contributed by atoms with Crippen molar-refractivity contribution in [1.82, 2.24) is 10.6 Å². The molecule has 0 amide bonds. The van der Waals surface area contributed by atoms with E-state index < -0.39 is 9.52 Å². The number of nitrogens with one attached hydrogen (secondary N) is 2. The first-order chi connectivity index (χ1) is 9.45. The highest BCUT2D eigenvalue weighted by Gasteiger charge is 2.07. The second-order valence-electron chi connectivity index (χ2n) is 5.35. The van der Waals surface area contributed by atoms with Crippen LogP contribution in [0, 0.1) is 6.92 Å². The summed E-state index contributed by atoms with van der Waals surface area (Å²) < 4.78 is 12.6. The largest absolute Gasteiger partial charge is 0.315 e. The van der Waals surface area contributed by atoms with Crippen LogP contribution in [0.15, 0.2) is 29.2 Å². The highest BCUT2D eigenvalue weighted by molar-refractivity contribution is 8.00. The van der Waals surface area contributed by atoms with Gasteiger partial charge in [-0.3, -0.25) is 4.21 Å². The van der Waals surface area contributed by atoms with E-state index in [1.807, 2.05) is 31.2 Å². The summed E-state index contributed by atoms with van der Waals surface area (Å²) in [5, 5.41) is 6.74. The molecule has 0 saturated carbocycles. The van der Waals surface area contributed by atoms with Crippen molar-refractivity contribution in [2.75, 3.05) is 25.4 Å². The molecule has 0 aliphatic rings. The maximum Gasteiger partial charge on any atom is 0.0305 e. The number of rotatable bonds is 9. The third-order valence-corrected chi connectivity index (χ3v) is 5.37. The highest BCUT2D eigenvalue weighted by Crippen LogP contribution is 2.12. The van der Waals surface area contributed by atoms with Gasteiger partial charge in [-0.1, -0.05) is 24.6 Å². The Morgan fingerprint density at radius 2 is 1.95 bits per heavy atom. The first-order valence-electron chi connectivity index (χ1n) is 7.31. The maximum absolute atomic E-state index is 12.6. The Balaban J connectivity index is 2.35. The summed E-state index contributed by atoms with van der Waals surface area (Å²) in [6.07, 6.45) is 0.882. The topological polar surface area (TPSA) is 41.1 Å². The predicted molar refractivity (Wildman–Crippen MR) is 90.2 cm³/mol. The Morgan fingerprint density at radius 1 is 1.30 bits per heavy atom. The highest BCUT2D eigenvalue weighted by atomic mass is 32.2. The molecule has 0 aromatic heterocycles. The van der Waals surface area contributed by atoms with Crippen molar-refractivity contribution < 1.29 is 4.21 Å². The standard InChI is InChI=1S/C16H28N2OS/c1-5-17-13-15(3)18-11-6-12-20(4,19)16-9-7-14(2)8-10-16/h7-10,15,17-18H,4-6,11-13H2,1-3H3. The van der Waals surface area contributed by atoms with Crippen molar-refractivity contribution in [3.05, 3.63) is 29.8 Å². The zero-order chi connectivity index (χ0) is 15.0. The van der Waals surface area contributed by atoms with E-state index in [1.54, 1.807) is 0 Å². The zero-order valence-electron chi connectivity index (χ0n) is 12.9. The first kappa shape index (κ1) is 17.2. The number of hydrogen-bond acceptors (Lipinski definition) is 3. The first-order valence-corrected chi connectivity index (χ1v) is 9.21. The molecule has 4 heteroatoms. The Bertz CT molecular complexity index is 480. The van der Waals surface area contributed by atoms with Gasteiger partial charge in [0.1, 0.15) is 0 Å². The monoisotopic (exact) mass is 296 g/mol. The van der Waals surface area contributed by atoms with Gasteiger partial charge in [-0.25, -0.2) is 0 Å². The second-order valence-corrected chi connectivity index (χ2v) is 7.85. The molecule has 3 nitrogen and oxygen atoms in total. The van der Waals surface area contributed by atoms with Crippen molar-refractivity contribution in [1.29, 1.82) is 0 Å². The summed E-state index contributed by atoms with van der Waals surface area (Å²) in [6.45, 7) is 9.13. The number of benzene rings is 1. The second kappa shape index (κ2) is 8.45. The third-order valence-electron chi connectivity index (χ3n) is 3.29. The molecule has 0 radical (unpaired) electrons. The lowest BCUT2D eigenvalue weighted by Gasteiger charge is -2.15. The average molecular weight is 296 g/mol. The molecule has 2 N–H and O–H groups in total. The number of likely N-dealkylation sites (N-methyl/N-ethyl adjacent to an activating group) is 1. The van der Waals surface area contributed by atoms with Crippen LogP contribution in [0.4, 0.5) is 0 Å². The van der Waals surface area contributed by atoms with E-state index in [0.29, 0.717) is 11.8 Å². The molecule has 0 heterocycles. The molecule has 1 rings (SSSR count). The van der Waals surface area contributed by atoms with E-state index in [0.717, 1.165) is 31.0 Å². The summed E-state index contributed by atoms with van der Waals surface area (Å²) in [5.74, 6) is 4.56. The van der Waals surface area contributed by atoms with Gasteiger partial charge in [0.05, 0.1) is 0 Å². The molecule has 0 aliphatic heterocycles. The van der Waals surface area contributed by atoms with Crippen LogP contribution in [0.3, 0.4) is 0 Å². The minimum Gasteiger partial charge on any atom is -0.315 e. The van der Waals surface area contributed by atoms with Crippen LogP contribution >= 0.6 is 0 Å². The summed E-state index contributed by atoms with van der Waals surface area (Å²) in [5.41, 5.74) is 1.18. The third kappa shape index (κ3) is 6.07. The molecule has 1 aromatic carbocycles. The van der Waals surface area contributed by atoms with E-state index in [1.165, 1.54) is 5.56 Å². The smallest absolute Gasteiger partial charge is 0.0305 e. The SMILES string of the molecule is C=S(=O)(CCCNC(C)CNCC)c1ccc(C)cc1. The van der Waals surface area contributed by atoms with Crippen LogP contribution in [0.1, 0.15) is 25.8 Å². The minimum atomic E-state index is -2.15. The molecular formula is C16H28N2OS. The van der Waals surface area contributed by atoms with Crippen LogP contribution < -0.4 is 10.6 Å². The van der Waals surface area contributed by atoms with Crippen LogP contribution in [0.25, 0.3) is 0 Å². The van der Waals surface area contributed by atoms with Crippen LogP contribution in [-0.2, 0) is 9.52 Å². The molecule has 0 saturated heterocycles. The van der Waals surface area contributed by atoms with Crippen LogP contribution in [0.2, 0.25) is 0 Å². The molecule has 0 bridgehead atoms. The normalized spacial score (nSPS) is 15.8. The van der Waals surface area contributed by atoms with Crippen LogP contribution in [0.5, 0.6) is 0 Å². The van der Waals surface area contributed by atoms with Crippen molar-refractivity contribution in [2.45, 2.75) is 38.1 Å². The predicted octanol–water partition coefficient (Wildman–Crippen LogP) is 2.05. The quantitative estimate of drug-likeness (QED) is 0.541. The Hall–Kier alpha value is -0.840. The van der Waals surface area contributed by atoms with E-state index in [9.17, 15) is 4.21 Å². The molecule has 1 aromatic rings. The van der Waals surface area contributed by atoms with Gasteiger partial charge < -0.3 is 10.6 Å². The summed E-state index contributed by atoms with van der Waals surface area (Å²) >= 11 is 0. The zero-order valence-corrected chi connectivity index (χ0v) is 13.8. The van der Waals surface area contributed by atoms with Gasteiger partial charge in [0.2, 0.25) is 0 Å². The van der Waals surface area contributed by atoms with Gasteiger partial charge in [0.15, 0.2) is 0 Å². The lowest BCUT2D eigenvalue weighted by Crippen LogP contribution is -2.37. The summed E-state index contributed by atoms with van der Waals surface area (Å²) in [4.78, 5) is 0.865. The van der Waals surface area contributed by atoms with Crippen molar-refractivity contribution in [3.8, 4) is 0 Å². The van der Waals surface area contributed by atoms with Crippen molar-refractivity contribution in [3.63, 3.8) is 0 Å². The van der Waals surface area contributed by atoms with E-state index in [-0.39, 0.29) is 0 Å². The fourth-order valence-electron chi connectivity index (χ4n) is 1.99. The van der Waals surface area contributed by atoms with E-state index in [4.69, 9.17) is 0 Å². The van der Waals surface area contributed by atoms with Crippen molar-refractivity contribution in [2.24, 2.45) is 0 Å². The average Bonchev–Trinajstić information content (AvgIpc) is 2.42. The maximum atomic E-state index is 12.6. The summed E-state index contributed by atoms with van der Waals surface area (Å²) in [6, 6.07) is 8.31. The molecule has 114 valence electrons. The molecule has 0 fully saturated rings. The van der Waals surface area contributed by atoms with Crippen LogP contribution in [-0.4, -0.2) is 41.5 Å². The number of hydrogen-bond donors (Lipinski definition) is 2. The van der Waals surface area contributed by atoms with Gasteiger partial charge >= 0.3 is 0 Å². The fourth-order valence-corrected chi connectivity index (χ4v) is 3.47. The van der Waals surface area contributed by atoms with E-state index in [2.05, 4.69) is 30.4 Å². The lowest BCUT2D eigenvalue weighted by molar-refractivity contribution is 0.509. The van der Waals surface area contributed by atoms with Gasteiger partial charge in [-0.2, -0.15) is 0 Å². The van der Waals surface area contributed by atoms with Gasteiger partial charge in [-0.05, 0) is 60.9 Å². The Kier molecular flexibility index (Phi) is 7.27. The van der Waals surface area contributed by atoms with Gasteiger partial charge in [-0.15, -0.1) is 0 Å². The molecule has 0 aliphatic carbocycles. The fraction of sp³-hybridized carbons (Fsp3) is 0.562. The van der Waals surface area contributed by atoms with Gasteiger partial charge in [0, 0.05) is 23.2 Å². The molecule has 20 heavy (non-hydrogen) atoms. The summed E-state index contributed by atoms with van der Waals surface area (Å²) in [7, 11) is -2.15. The van der Waals surface area contributed by atoms with Gasteiger partial charge in [0.25, 0.3) is 0 Å². The minimum absolute atomic E-state index is 0.440.